The van der Waals surface area contributed by atoms with Crippen LogP contribution in [0.15, 0.2) is 60.9 Å². The molecule has 3 aromatic rings. The number of para-hydroxylation sites is 1. The Kier molecular flexibility index (Phi) is 4.84. The van der Waals surface area contributed by atoms with E-state index in [-0.39, 0.29) is 12.3 Å². The number of rotatable bonds is 6. The molecule has 0 saturated carbocycles. The number of aryl methyl sites for hydroxylation is 1. The van der Waals surface area contributed by atoms with Crippen LogP contribution in [-0.4, -0.2) is 22.8 Å². The Morgan fingerprint density at radius 3 is 2.42 bits per heavy atom. The van der Waals surface area contributed by atoms with E-state index < -0.39 is 13.3 Å². The number of nitrogens with zero attached hydrogens (tertiary/aromatic N) is 2. The summed E-state index contributed by atoms with van der Waals surface area (Å²) in [6.45, 7) is -3.45. The molecule has 3 nitrogen and oxygen atoms in total. The number of ether oxygens (including phenoxy) is 1. The standard InChI is InChI=1S/C18H15F3N2O/c19-10-11-23-12-22-16(13-6-2-1-3-7-13)17(23)14-8-4-5-9-15(14)24-18(20)21/h1-9,12,18H,10-11H2. The van der Waals surface area contributed by atoms with Crippen molar-refractivity contribution in [2.45, 2.75) is 13.2 Å². The lowest BCUT2D eigenvalue weighted by atomic mass is 10.0. The molecule has 0 fully saturated rings. The van der Waals surface area contributed by atoms with Crippen LogP contribution in [0.4, 0.5) is 13.2 Å². The monoisotopic (exact) mass is 332 g/mol. The molecule has 0 saturated heterocycles. The molecule has 3 rings (SSSR count). The van der Waals surface area contributed by atoms with E-state index in [0.717, 1.165) is 5.56 Å². The second kappa shape index (κ2) is 7.21. The van der Waals surface area contributed by atoms with Crippen LogP contribution in [0, 0.1) is 0 Å². The van der Waals surface area contributed by atoms with Gasteiger partial charge in [0.05, 0.1) is 24.3 Å². The number of hydrogen-bond acceptors (Lipinski definition) is 2. The summed E-state index contributed by atoms with van der Waals surface area (Å²) in [4.78, 5) is 4.35. The smallest absolute Gasteiger partial charge is 0.387 e. The highest BCUT2D eigenvalue weighted by Gasteiger charge is 2.19. The molecule has 0 aliphatic rings. The second-order valence-electron chi connectivity index (χ2n) is 5.06. The third-order valence-corrected chi connectivity index (χ3v) is 3.57. The highest BCUT2D eigenvalue weighted by atomic mass is 19.3. The van der Waals surface area contributed by atoms with Crippen molar-refractivity contribution in [1.29, 1.82) is 0 Å². The molecule has 0 aliphatic heterocycles. The fraction of sp³-hybridized carbons (Fsp3) is 0.167. The summed E-state index contributed by atoms with van der Waals surface area (Å²) < 4.78 is 44.5. The van der Waals surface area contributed by atoms with Gasteiger partial charge in [0.25, 0.3) is 0 Å². The van der Waals surface area contributed by atoms with Crippen LogP contribution in [0.5, 0.6) is 5.75 Å². The molecule has 0 bridgehead atoms. The van der Waals surface area contributed by atoms with Gasteiger partial charge in [-0.3, -0.25) is 0 Å². The zero-order valence-corrected chi connectivity index (χ0v) is 12.7. The summed E-state index contributed by atoms with van der Waals surface area (Å²) in [5.74, 6) is 0.0327. The number of aromatic nitrogens is 2. The van der Waals surface area contributed by atoms with Gasteiger partial charge >= 0.3 is 6.61 Å². The quantitative estimate of drug-likeness (QED) is 0.649. The molecule has 0 amide bonds. The average Bonchev–Trinajstić information content (AvgIpc) is 2.99. The first kappa shape index (κ1) is 16.1. The van der Waals surface area contributed by atoms with Crippen molar-refractivity contribution in [1.82, 2.24) is 9.55 Å². The Labute approximate surface area is 137 Å². The predicted octanol–water partition coefficient (Wildman–Crippen LogP) is 4.79. The van der Waals surface area contributed by atoms with E-state index in [0.29, 0.717) is 17.0 Å². The van der Waals surface area contributed by atoms with Crippen LogP contribution in [-0.2, 0) is 6.54 Å². The number of benzene rings is 2. The average molecular weight is 332 g/mol. The molecule has 1 aromatic heterocycles. The minimum Gasteiger partial charge on any atom is -0.434 e. The Morgan fingerprint density at radius 1 is 1.00 bits per heavy atom. The van der Waals surface area contributed by atoms with Crippen LogP contribution in [0.25, 0.3) is 22.5 Å². The molecule has 6 heteroatoms. The van der Waals surface area contributed by atoms with Crippen LogP contribution >= 0.6 is 0 Å². The summed E-state index contributed by atoms with van der Waals surface area (Å²) in [5.41, 5.74) is 2.41. The van der Waals surface area contributed by atoms with Gasteiger partial charge in [0.2, 0.25) is 0 Å². The van der Waals surface area contributed by atoms with Gasteiger partial charge in [0.15, 0.2) is 0 Å². The first-order chi connectivity index (χ1) is 11.7. The summed E-state index contributed by atoms with van der Waals surface area (Å²) >= 11 is 0. The van der Waals surface area contributed by atoms with Gasteiger partial charge in [-0.25, -0.2) is 9.37 Å². The van der Waals surface area contributed by atoms with Crippen molar-refractivity contribution in [3.05, 3.63) is 60.9 Å². The summed E-state index contributed by atoms with van der Waals surface area (Å²) in [7, 11) is 0. The van der Waals surface area contributed by atoms with E-state index in [1.807, 2.05) is 30.3 Å². The maximum Gasteiger partial charge on any atom is 0.387 e. The highest BCUT2D eigenvalue weighted by Crippen LogP contribution is 2.37. The van der Waals surface area contributed by atoms with Crippen molar-refractivity contribution in [2.24, 2.45) is 0 Å². The Bertz CT molecular complexity index is 803. The number of hydrogen-bond donors (Lipinski definition) is 0. The maximum absolute atomic E-state index is 12.9. The molecular formula is C18H15F3N2O. The molecule has 0 spiro atoms. The van der Waals surface area contributed by atoms with Crippen LogP contribution in [0.1, 0.15) is 0 Å². The Hall–Kier alpha value is -2.76. The first-order valence-electron chi connectivity index (χ1n) is 7.41. The molecule has 1 heterocycles. The maximum atomic E-state index is 12.9. The van der Waals surface area contributed by atoms with Gasteiger partial charge in [-0.05, 0) is 12.1 Å². The van der Waals surface area contributed by atoms with E-state index in [4.69, 9.17) is 0 Å². The lowest BCUT2D eigenvalue weighted by Crippen LogP contribution is -2.06. The minimum absolute atomic E-state index is 0.0327. The Balaban J connectivity index is 2.18. The van der Waals surface area contributed by atoms with Gasteiger partial charge in [-0.15, -0.1) is 0 Å². The van der Waals surface area contributed by atoms with E-state index in [1.54, 1.807) is 22.8 Å². The van der Waals surface area contributed by atoms with Gasteiger partial charge < -0.3 is 9.30 Å². The fourth-order valence-corrected chi connectivity index (χ4v) is 2.59. The van der Waals surface area contributed by atoms with Crippen molar-refractivity contribution >= 4 is 0 Å². The summed E-state index contributed by atoms with van der Waals surface area (Å²) in [6.07, 6.45) is 1.51. The van der Waals surface area contributed by atoms with Gasteiger partial charge in [-0.1, -0.05) is 42.5 Å². The number of imidazole rings is 1. The molecule has 24 heavy (non-hydrogen) atoms. The molecular weight excluding hydrogens is 317 g/mol. The molecule has 0 atom stereocenters. The van der Waals surface area contributed by atoms with Crippen LogP contribution < -0.4 is 4.74 Å². The molecule has 0 aliphatic carbocycles. The van der Waals surface area contributed by atoms with Gasteiger partial charge in [0.1, 0.15) is 12.4 Å². The minimum atomic E-state index is -2.94. The van der Waals surface area contributed by atoms with Crippen molar-refractivity contribution in [3.8, 4) is 28.3 Å². The zero-order chi connectivity index (χ0) is 16.9. The lowest BCUT2D eigenvalue weighted by Gasteiger charge is -2.14. The van der Waals surface area contributed by atoms with Crippen molar-refractivity contribution in [3.63, 3.8) is 0 Å². The molecule has 124 valence electrons. The predicted molar refractivity (Wildman–Crippen MR) is 85.7 cm³/mol. The van der Waals surface area contributed by atoms with E-state index in [9.17, 15) is 13.2 Å². The van der Waals surface area contributed by atoms with E-state index in [1.165, 1.54) is 12.4 Å². The molecule has 0 radical (unpaired) electrons. The zero-order valence-electron chi connectivity index (χ0n) is 12.7. The van der Waals surface area contributed by atoms with E-state index >= 15 is 0 Å². The topological polar surface area (TPSA) is 27.1 Å². The summed E-state index contributed by atoms with van der Waals surface area (Å²) in [5, 5.41) is 0. The molecule has 0 N–H and O–H groups in total. The van der Waals surface area contributed by atoms with Crippen LogP contribution in [0.3, 0.4) is 0 Å². The number of halogens is 3. The third kappa shape index (κ3) is 3.27. The molecule has 0 unspecified atom stereocenters. The third-order valence-electron chi connectivity index (χ3n) is 3.57. The SMILES string of the molecule is FCCn1cnc(-c2ccccc2)c1-c1ccccc1OC(F)F. The first-order valence-corrected chi connectivity index (χ1v) is 7.41. The molecule has 2 aromatic carbocycles. The largest absolute Gasteiger partial charge is 0.434 e. The summed E-state index contributed by atoms with van der Waals surface area (Å²) in [6, 6.07) is 15.8. The Morgan fingerprint density at radius 2 is 1.71 bits per heavy atom. The van der Waals surface area contributed by atoms with Gasteiger partial charge in [0, 0.05) is 11.1 Å². The van der Waals surface area contributed by atoms with Crippen molar-refractivity contribution in [2.75, 3.05) is 6.67 Å². The number of alkyl halides is 3. The fourth-order valence-electron chi connectivity index (χ4n) is 2.59. The van der Waals surface area contributed by atoms with Gasteiger partial charge in [-0.2, -0.15) is 8.78 Å². The lowest BCUT2D eigenvalue weighted by molar-refractivity contribution is -0.0494. The van der Waals surface area contributed by atoms with Crippen molar-refractivity contribution < 1.29 is 17.9 Å². The van der Waals surface area contributed by atoms with E-state index in [2.05, 4.69) is 9.72 Å². The van der Waals surface area contributed by atoms with Crippen LogP contribution in [0.2, 0.25) is 0 Å². The highest BCUT2D eigenvalue weighted by molar-refractivity contribution is 5.81. The second-order valence-corrected chi connectivity index (χ2v) is 5.06. The normalized spacial score (nSPS) is 11.0.